The maximum atomic E-state index is 10.4. The molecule has 0 saturated carbocycles. The Labute approximate surface area is 122 Å². The Morgan fingerprint density at radius 2 is 2.47 bits per heavy atom. The van der Waals surface area contributed by atoms with E-state index in [1.165, 1.54) is 11.3 Å². The Morgan fingerprint density at radius 1 is 1.68 bits per heavy atom. The molecule has 19 heavy (non-hydrogen) atoms. The monoisotopic (exact) mass is 300 g/mol. The van der Waals surface area contributed by atoms with Gasteiger partial charge in [-0.15, -0.1) is 11.3 Å². The topological polar surface area (TPSA) is 83.1 Å². The Hall–Kier alpha value is -0.920. The number of thioether (sulfide) groups is 1. The van der Waals surface area contributed by atoms with Crippen molar-refractivity contribution in [3.05, 3.63) is 16.1 Å². The quantitative estimate of drug-likeness (QED) is 0.313. The molecular weight excluding hydrogens is 280 g/mol. The van der Waals surface area contributed by atoms with E-state index in [2.05, 4.69) is 4.98 Å². The minimum absolute atomic E-state index is 0.407. The van der Waals surface area contributed by atoms with Crippen molar-refractivity contribution in [2.45, 2.75) is 19.1 Å². The van der Waals surface area contributed by atoms with Crippen molar-refractivity contribution in [2.24, 2.45) is 5.73 Å². The van der Waals surface area contributed by atoms with E-state index < -0.39 is 0 Å². The van der Waals surface area contributed by atoms with Crippen molar-refractivity contribution in [2.75, 3.05) is 25.4 Å². The summed E-state index contributed by atoms with van der Waals surface area (Å²) in [7, 11) is 0. The first-order valence-electron chi connectivity index (χ1n) is 6.22. The van der Waals surface area contributed by atoms with Gasteiger partial charge in [0.2, 0.25) is 0 Å². The lowest BCUT2D eigenvalue weighted by molar-refractivity contribution is -0.108. The van der Waals surface area contributed by atoms with Gasteiger partial charge in [-0.2, -0.15) is 11.8 Å². The third-order valence-corrected chi connectivity index (χ3v) is 4.40. The molecule has 3 N–H and O–H groups in total. The van der Waals surface area contributed by atoms with Gasteiger partial charge in [-0.25, -0.2) is 4.98 Å². The largest absolute Gasteiger partial charge is 0.354 e. The van der Waals surface area contributed by atoms with Gasteiger partial charge in [0.1, 0.15) is 6.29 Å². The van der Waals surface area contributed by atoms with E-state index in [1.54, 1.807) is 11.8 Å². The number of nitrogens with zero attached hydrogens (tertiary/aromatic N) is 2. The van der Waals surface area contributed by atoms with Gasteiger partial charge < -0.3 is 15.4 Å². The molecule has 0 aliphatic rings. The lowest BCUT2D eigenvalue weighted by atomic mass is 10.4. The second-order valence-corrected chi connectivity index (χ2v) is 5.83. The number of hydrogen-bond acceptors (Lipinski definition) is 6. The molecule has 0 spiro atoms. The molecule has 1 aromatic heterocycles. The van der Waals surface area contributed by atoms with Crippen molar-refractivity contribution < 1.29 is 4.79 Å². The molecule has 0 fully saturated rings. The van der Waals surface area contributed by atoms with Crippen LogP contribution < -0.4 is 5.73 Å². The van der Waals surface area contributed by atoms with Gasteiger partial charge in [0.05, 0.1) is 5.69 Å². The predicted molar refractivity (Wildman–Crippen MR) is 82.1 cm³/mol. The first-order valence-corrected chi connectivity index (χ1v) is 8.26. The first kappa shape index (κ1) is 16.1. The van der Waals surface area contributed by atoms with Crippen LogP contribution in [0.2, 0.25) is 0 Å². The molecular formula is C12H20N4OS2. The molecule has 0 unspecified atom stereocenters. The molecule has 0 aromatic carbocycles. The second-order valence-electron chi connectivity index (χ2n) is 3.87. The Morgan fingerprint density at radius 3 is 3.11 bits per heavy atom. The molecule has 1 heterocycles. The SMILES string of the molecule is CCN(CCC=O)C(=N)c1nc(CSCCN)cs1. The maximum absolute atomic E-state index is 10.4. The van der Waals surface area contributed by atoms with Gasteiger partial charge in [0.15, 0.2) is 10.8 Å². The number of carbonyl (C=O) groups excluding carboxylic acids is 1. The van der Waals surface area contributed by atoms with Gasteiger partial charge >= 0.3 is 0 Å². The highest BCUT2D eigenvalue weighted by molar-refractivity contribution is 7.98. The fourth-order valence-corrected chi connectivity index (χ4v) is 3.08. The summed E-state index contributed by atoms with van der Waals surface area (Å²) in [6.07, 6.45) is 1.33. The number of nitrogens with one attached hydrogen (secondary N) is 1. The third-order valence-electron chi connectivity index (χ3n) is 2.48. The Bertz CT molecular complexity index is 408. The van der Waals surface area contributed by atoms with Crippen molar-refractivity contribution in [1.29, 1.82) is 5.41 Å². The molecule has 5 nitrogen and oxygen atoms in total. The van der Waals surface area contributed by atoms with Crippen molar-refractivity contribution in [3.63, 3.8) is 0 Å². The Kier molecular flexibility index (Phi) is 7.69. The van der Waals surface area contributed by atoms with Crippen LogP contribution in [0.3, 0.4) is 0 Å². The van der Waals surface area contributed by atoms with Gasteiger partial charge in [-0.1, -0.05) is 0 Å². The normalized spacial score (nSPS) is 10.4. The number of rotatable bonds is 9. The zero-order chi connectivity index (χ0) is 14.1. The molecule has 0 atom stereocenters. The summed E-state index contributed by atoms with van der Waals surface area (Å²) in [4.78, 5) is 16.7. The first-order chi connectivity index (χ1) is 9.22. The summed E-state index contributed by atoms with van der Waals surface area (Å²) in [5, 5.41) is 10.8. The molecule has 0 radical (unpaired) electrons. The van der Waals surface area contributed by atoms with E-state index in [-0.39, 0.29) is 0 Å². The standard InChI is InChI=1S/C12H20N4OS2/c1-2-16(5-3-6-17)11(14)12-15-10(9-19-12)8-18-7-4-13/h6,9,14H,2-5,7-8,13H2,1H3. The predicted octanol–water partition coefficient (Wildman–Crippen LogP) is 1.57. The molecule has 0 amide bonds. The van der Waals surface area contributed by atoms with E-state index in [0.717, 1.165) is 28.5 Å². The summed E-state index contributed by atoms with van der Waals surface area (Å²) in [6, 6.07) is 0. The van der Waals surface area contributed by atoms with Crippen LogP contribution in [-0.4, -0.2) is 47.4 Å². The number of aldehydes is 1. The van der Waals surface area contributed by atoms with Crippen molar-refractivity contribution in [3.8, 4) is 0 Å². The van der Waals surface area contributed by atoms with Crippen LogP contribution in [0, 0.1) is 5.41 Å². The zero-order valence-corrected chi connectivity index (χ0v) is 12.7. The summed E-state index contributed by atoms with van der Waals surface area (Å²) in [5.41, 5.74) is 6.44. The molecule has 0 bridgehead atoms. The summed E-state index contributed by atoms with van der Waals surface area (Å²) in [6.45, 7) is 3.94. The summed E-state index contributed by atoms with van der Waals surface area (Å²) >= 11 is 3.23. The van der Waals surface area contributed by atoms with E-state index in [4.69, 9.17) is 11.1 Å². The zero-order valence-electron chi connectivity index (χ0n) is 11.1. The van der Waals surface area contributed by atoms with Crippen molar-refractivity contribution in [1.82, 2.24) is 9.88 Å². The molecule has 0 saturated heterocycles. The minimum atomic E-state index is 0.407. The van der Waals surface area contributed by atoms with Crippen LogP contribution in [0.5, 0.6) is 0 Å². The third kappa shape index (κ3) is 5.30. The smallest absolute Gasteiger partial charge is 0.158 e. The lowest BCUT2D eigenvalue weighted by Gasteiger charge is -2.20. The van der Waals surface area contributed by atoms with E-state index >= 15 is 0 Å². The minimum Gasteiger partial charge on any atom is -0.354 e. The van der Waals surface area contributed by atoms with Crippen LogP contribution in [0.1, 0.15) is 24.0 Å². The van der Waals surface area contributed by atoms with Crippen molar-refractivity contribution >= 4 is 35.2 Å². The molecule has 106 valence electrons. The number of amidine groups is 1. The molecule has 1 rings (SSSR count). The van der Waals surface area contributed by atoms with Crippen LogP contribution in [0.15, 0.2) is 5.38 Å². The second kappa shape index (κ2) is 9.06. The van der Waals surface area contributed by atoms with Gasteiger partial charge in [0.25, 0.3) is 0 Å². The fourth-order valence-electron chi connectivity index (χ4n) is 1.51. The van der Waals surface area contributed by atoms with Crippen LogP contribution in [0.25, 0.3) is 0 Å². The summed E-state index contributed by atoms with van der Waals surface area (Å²) < 4.78 is 0. The Balaban J connectivity index is 2.58. The number of nitrogens with two attached hydrogens (primary N) is 1. The van der Waals surface area contributed by atoms with Crippen LogP contribution in [-0.2, 0) is 10.5 Å². The van der Waals surface area contributed by atoms with Gasteiger partial charge in [-0.05, 0) is 6.92 Å². The summed E-state index contributed by atoms with van der Waals surface area (Å²) in [5.74, 6) is 2.16. The van der Waals surface area contributed by atoms with Gasteiger partial charge in [-0.3, -0.25) is 5.41 Å². The average molecular weight is 300 g/mol. The van der Waals surface area contributed by atoms with Crippen LogP contribution >= 0.6 is 23.1 Å². The highest BCUT2D eigenvalue weighted by Crippen LogP contribution is 2.17. The number of carbonyl (C=O) groups is 1. The van der Waals surface area contributed by atoms with Crippen LogP contribution in [0.4, 0.5) is 0 Å². The van der Waals surface area contributed by atoms with E-state index in [1.807, 2.05) is 17.2 Å². The van der Waals surface area contributed by atoms with E-state index in [0.29, 0.717) is 31.9 Å². The molecule has 1 aromatic rings. The fraction of sp³-hybridized carbons (Fsp3) is 0.583. The van der Waals surface area contributed by atoms with E-state index in [9.17, 15) is 4.79 Å². The highest BCUT2D eigenvalue weighted by atomic mass is 32.2. The number of hydrogen-bond donors (Lipinski definition) is 2. The molecule has 0 aliphatic carbocycles. The number of aromatic nitrogens is 1. The van der Waals surface area contributed by atoms with Gasteiger partial charge in [0, 0.05) is 42.9 Å². The molecule has 0 aliphatic heterocycles. The highest BCUT2D eigenvalue weighted by Gasteiger charge is 2.13. The lowest BCUT2D eigenvalue weighted by Crippen LogP contribution is -2.31. The average Bonchev–Trinajstić information content (AvgIpc) is 2.88. The molecule has 7 heteroatoms. The number of thiazole rings is 1. The maximum Gasteiger partial charge on any atom is 0.158 e.